The molecular weight excluding hydrogens is 234 g/mol. The molecule has 2 aromatic heterocycles. The number of hydrogen-bond acceptors (Lipinski definition) is 4. The summed E-state index contributed by atoms with van der Waals surface area (Å²) in [6.45, 7) is 4.05. The molecule has 2 rings (SSSR count). The summed E-state index contributed by atoms with van der Waals surface area (Å²) in [6, 6.07) is 5.71. The van der Waals surface area contributed by atoms with Crippen molar-refractivity contribution in [2.45, 2.75) is 19.9 Å². The molecule has 0 radical (unpaired) electrons. The fourth-order valence-corrected chi connectivity index (χ4v) is 1.90. The van der Waals surface area contributed by atoms with Crippen LogP contribution in [0.15, 0.2) is 18.3 Å². The molecule has 17 heavy (non-hydrogen) atoms. The molecular formula is C11H11N5S. The van der Waals surface area contributed by atoms with Crippen molar-refractivity contribution in [3.05, 3.63) is 28.7 Å². The Kier molecular flexibility index (Phi) is 3.02. The molecule has 0 aliphatic carbocycles. The van der Waals surface area contributed by atoms with Gasteiger partial charge in [-0.05, 0) is 38.2 Å². The lowest BCUT2D eigenvalue weighted by atomic mass is 10.2. The number of aromatic amines is 1. The Bertz CT molecular complexity index is 615. The molecule has 0 amide bonds. The van der Waals surface area contributed by atoms with Gasteiger partial charge in [0.2, 0.25) is 0 Å². The zero-order chi connectivity index (χ0) is 12.4. The first-order chi connectivity index (χ1) is 8.13. The second kappa shape index (κ2) is 4.47. The second-order valence-corrected chi connectivity index (χ2v) is 4.25. The quantitative estimate of drug-likeness (QED) is 0.825. The molecule has 1 N–H and O–H groups in total. The summed E-state index contributed by atoms with van der Waals surface area (Å²) in [7, 11) is 0. The monoisotopic (exact) mass is 245 g/mol. The highest BCUT2D eigenvalue weighted by molar-refractivity contribution is 7.71. The van der Waals surface area contributed by atoms with E-state index in [0.29, 0.717) is 21.9 Å². The minimum Gasteiger partial charge on any atom is -0.296 e. The number of nitrogens with zero attached hydrogens (tertiary/aromatic N) is 4. The normalized spacial score (nSPS) is 10.5. The number of nitrogens with one attached hydrogen (secondary N) is 1. The summed E-state index contributed by atoms with van der Waals surface area (Å²) < 4.78 is 2.46. The Morgan fingerprint density at radius 2 is 2.24 bits per heavy atom. The molecule has 86 valence electrons. The van der Waals surface area contributed by atoms with Crippen molar-refractivity contribution in [1.82, 2.24) is 19.7 Å². The fourth-order valence-electron chi connectivity index (χ4n) is 1.56. The molecule has 0 saturated heterocycles. The highest BCUT2D eigenvalue weighted by atomic mass is 32.1. The molecule has 2 heterocycles. The summed E-state index contributed by atoms with van der Waals surface area (Å²) in [5, 5.41) is 15.6. The van der Waals surface area contributed by atoms with Crippen LogP contribution in [0, 0.1) is 16.1 Å². The Morgan fingerprint density at radius 1 is 1.47 bits per heavy atom. The van der Waals surface area contributed by atoms with Crippen LogP contribution in [0.1, 0.15) is 25.5 Å². The Labute approximate surface area is 104 Å². The summed E-state index contributed by atoms with van der Waals surface area (Å²) in [6.07, 6.45) is 1.53. The summed E-state index contributed by atoms with van der Waals surface area (Å²) in [5.74, 6) is 0.689. The third kappa shape index (κ3) is 2.10. The highest BCUT2D eigenvalue weighted by Crippen LogP contribution is 2.18. The Morgan fingerprint density at radius 3 is 2.76 bits per heavy atom. The summed E-state index contributed by atoms with van der Waals surface area (Å²) in [5.41, 5.74) is 1.23. The first-order valence-electron chi connectivity index (χ1n) is 5.17. The Hall–Kier alpha value is -2.00. The van der Waals surface area contributed by atoms with E-state index in [2.05, 4.69) is 15.2 Å². The molecule has 0 aliphatic heterocycles. The van der Waals surface area contributed by atoms with Gasteiger partial charge in [0.25, 0.3) is 0 Å². The number of rotatable bonds is 2. The molecule has 0 aliphatic rings. The standard InChI is InChI=1S/C11H11N5S/c1-7(2)16-10(14-15-11(16)17)9-4-3-8(5-12)6-13-9/h3-4,6-7H,1-2H3,(H,15,17). The van der Waals surface area contributed by atoms with Crippen LogP contribution in [0.3, 0.4) is 0 Å². The maximum atomic E-state index is 8.71. The molecule has 0 aromatic carbocycles. The maximum Gasteiger partial charge on any atom is 0.195 e. The first kappa shape index (κ1) is 11.5. The average Bonchev–Trinajstić information content (AvgIpc) is 2.71. The lowest BCUT2D eigenvalue weighted by molar-refractivity contribution is 0.596. The van der Waals surface area contributed by atoms with E-state index in [1.807, 2.05) is 24.5 Å². The van der Waals surface area contributed by atoms with E-state index >= 15 is 0 Å². The van der Waals surface area contributed by atoms with E-state index in [4.69, 9.17) is 17.5 Å². The van der Waals surface area contributed by atoms with Gasteiger partial charge in [0.1, 0.15) is 11.8 Å². The van der Waals surface area contributed by atoms with E-state index in [-0.39, 0.29) is 6.04 Å². The van der Waals surface area contributed by atoms with E-state index in [1.54, 1.807) is 12.1 Å². The van der Waals surface area contributed by atoms with Gasteiger partial charge in [-0.1, -0.05) is 0 Å². The number of nitriles is 1. The van der Waals surface area contributed by atoms with E-state index in [9.17, 15) is 0 Å². The van der Waals surface area contributed by atoms with Gasteiger partial charge in [0.15, 0.2) is 10.6 Å². The lowest BCUT2D eigenvalue weighted by Gasteiger charge is -2.09. The highest BCUT2D eigenvalue weighted by Gasteiger charge is 2.12. The first-order valence-corrected chi connectivity index (χ1v) is 5.57. The van der Waals surface area contributed by atoms with Gasteiger partial charge >= 0.3 is 0 Å². The van der Waals surface area contributed by atoms with Crippen molar-refractivity contribution in [3.8, 4) is 17.6 Å². The van der Waals surface area contributed by atoms with Crippen molar-refractivity contribution >= 4 is 12.2 Å². The average molecular weight is 245 g/mol. The minimum atomic E-state index is 0.202. The minimum absolute atomic E-state index is 0.202. The number of aromatic nitrogens is 4. The Balaban J connectivity index is 2.54. The molecule has 0 unspecified atom stereocenters. The third-order valence-electron chi connectivity index (χ3n) is 2.34. The van der Waals surface area contributed by atoms with Crippen LogP contribution in [0.2, 0.25) is 0 Å². The molecule has 2 aromatic rings. The van der Waals surface area contributed by atoms with Gasteiger partial charge < -0.3 is 0 Å². The van der Waals surface area contributed by atoms with Crippen LogP contribution < -0.4 is 0 Å². The predicted molar refractivity (Wildman–Crippen MR) is 65.7 cm³/mol. The van der Waals surface area contributed by atoms with E-state index in [0.717, 1.165) is 0 Å². The third-order valence-corrected chi connectivity index (χ3v) is 2.63. The van der Waals surface area contributed by atoms with Crippen molar-refractivity contribution in [1.29, 1.82) is 5.26 Å². The van der Waals surface area contributed by atoms with Crippen LogP contribution in [0.4, 0.5) is 0 Å². The van der Waals surface area contributed by atoms with Crippen molar-refractivity contribution in [2.24, 2.45) is 0 Å². The molecule has 0 spiro atoms. The number of pyridine rings is 1. The van der Waals surface area contributed by atoms with Gasteiger partial charge in [0.05, 0.1) is 5.56 Å². The molecule has 6 heteroatoms. The van der Waals surface area contributed by atoms with E-state index < -0.39 is 0 Å². The second-order valence-electron chi connectivity index (χ2n) is 3.86. The molecule has 0 bridgehead atoms. The van der Waals surface area contributed by atoms with Gasteiger partial charge in [-0.15, -0.1) is 0 Å². The smallest absolute Gasteiger partial charge is 0.195 e. The van der Waals surface area contributed by atoms with Crippen LogP contribution in [0.5, 0.6) is 0 Å². The number of H-pyrrole nitrogens is 1. The summed E-state index contributed by atoms with van der Waals surface area (Å²) in [4.78, 5) is 4.20. The SMILES string of the molecule is CC(C)n1c(-c2ccc(C#N)cn2)n[nH]c1=S. The largest absolute Gasteiger partial charge is 0.296 e. The van der Waals surface area contributed by atoms with Gasteiger partial charge in [-0.25, -0.2) is 0 Å². The van der Waals surface area contributed by atoms with Crippen molar-refractivity contribution < 1.29 is 0 Å². The van der Waals surface area contributed by atoms with Gasteiger partial charge in [0, 0.05) is 12.2 Å². The summed E-state index contributed by atoms with van der Waals surface area (Å²) >= 11 is 5.16. The van der Waals surface area contributed by atoms with Crippen LogP contribution in [-0.2, 0) is 0 Å². The molecule has 0 fully saturated rings. The number of hydrogen-bond donors (Lipinski definition) is 1. The molecule has 0 saturated carbocycles. The molecule has 0 atom stereocenters. The lowest BCUT2D eigenvalue weighted by Crippen LogP contribution is -2.04. The van der Waals surface area contributed by atoms with Crippen LogP contribution >= 0.6 is 12.2 Å². The zero-order valence-corrected chi connectivity index (χ0v) is 10.3. The van der Waals surface area contributed by atoms with Crippen molar-refractivity contribution in [3.63, 3.8) is 0 Å². The van der Waals surface area contributed by atoms with Gasteiger partial charge in [-0.2, -0.15) is 10.4 Å². The topological polar surface area (TPSA) is 70.3 Å². The zero-order valence-electron chi connectivity index (χ0n) is 9.51. The predicted octanol–water partition coefficient (Wildman–Crippen LogP) is 2.46. The van der Waals surface area contributed by atoms with Crippen molar-refractivity contribution in [2.75, 3.05) is 0 Å². The van der Waals surface area contributed by atoms with E-state index in [1.165, 1.54) is 6.20 Å². The van der Waals surface area contributed by atoms with Crippen LogP contribution in [0.25, 0.3) is 11.5 Å². The molecule has 5 nitrogen and oxygen atoms in total. The maximum absolute atomic E-state index is 8.71. The van der Waals surface area contributed by atoms with Gasteiger partial charge in [-0.3, -0.25) is 14.6 Å². The van der Waals surface area contributed by atoms with Crippen LogP contribution in [-0.4, -0.2) is 19.7 Å². The fraction of sp³-hybridized carbons (Fsp3) is 0.273.